The Morgan fingerprint density at radius 2 is 2.00 bits per heavy atom. The molecular formula is C13H27NO2. The first-order chi connectivity index (χ1) is 7.21. The van der Waals surface area contributed by atoms with Crippen molar-refractivity contribution in [3.8, 4) is 0 Å². The van der Waals surface area contributed by atoms with Gasteiger partial charge in [0.25, 0.3) is 0 Å². The maximum atomic E-state index is 9.97. The number of aliphatic hydroxyl groups is 2. The average molecular weight is 229 g/mol. The van der Waals surface area contributed by atoms with E-state index in [9.17, 15) is 10.2 Å². The number of aliphatic hydroxyl groups excluding tert-OH is 1. The number of hydrogen-bond acceptors (Lipinski definition) is 3. The summed E-state index contributed by atoms with van der Waals surface area (Å²) in [5.41, 5.74) is -0.580. The van der Waals surface area contributed by atoms with Crippen molar-refractivity contribution in [3.05, 3.63) is 0 Å². The van der Waals surface area contributed by atoms with E-state index in [1.54, 1.807) is 0 Å². The highest BCUT2D eigenvalue weighted by atomic mass is 16.3. The number of nitrogens with zero attached hydrogens (tertiary/aromatic N) is 1. The number of rotatable bonds is 3. The van der Waals surface area contributed by atoms with Crippen LogP contribution in [0.1, 0.15) is 47.0 Å². The topological polar surface area (TPSA) is 43.7 Å². The zero-order valence-electron chi connectivity index (χ0n) is 11.2. The first-order valence-corrected chi connectivity index (χ1v) is 6.33. The Morgan fingerprint density at radius 3 is 2.50 bits per heavy atom. The molecule has 0 saturated carbocycles. The Bertz CT molecular complexity index is 220. The predicted octanol–water partition coefficient (Wildman–Crippen LogP) is 1.63. The quantitative estimate of drug-likeness (QED) is 0.773. The maximum absolute atomic E-state index is 9.97. The molecule has 0 amide bonds. The van der Waals surface area contributed by atoms with Crippen molar-refractivity contribution in [2.75, 3.05) is 19.6 Å². The molecule has 2 unspecified atom stereocenters. The fraction of sp³-hybridized carbons (Fsp3) is 1.00. The average Bonchev–Trinajstić information content (AvgIpc) is 2.11. The molecule has 0 aromatic carbocycles. The van der Waals surface area contributed by atoms with Crippen LogP contribution in [-0.4, -0.2) is 46.5 Å². The molecular weight excluding hydrogens is 202 g/mol. The van der Waals surface area contributed by atoms with Gasteiger partial charge in [-0.1, -0.05) is 20.8 Å². The highest BCUT2D eigenvalue weighted by Crippen LogP contribution is 2.24. The molecule has 1 aliphatic rings. The minimum absolute atomic E-state index is 0.0433. The molecule has 0 bridgehead atoms. The Hall–Kier alpha value is -0.120. The first kappa shape index (κ1) is 13.9. The molecule has 1 fully saturated rings. The molecule has 96 valence electrons. The van der Waals surface area contributed by atoms with Crippen LogP contribution < -0.4 is 0 Å². The predicted molar refractivity (Wildman–Crippen MR) is 66.4 cm³/mol. The smallest absolute Gasteiger partial charge is 0.0746 e. The summed E-state index contributed by atoms with van der Waals surface area (Å²) >= 11 is 0. The summed E-state index contributed by atoms with van der Waals surface area (Å²) in [7, 11) is 0. The van der Waals surface area contributed by atoms with E-state index in [4.69, 9.17) is 0 Å². The third-order valence-electron chi connectivity index (χ3n) is 3.47. The van der Waals surface area contributed by atoms with Gasteiger partial charge >= 0.3 is 0 Å². The number of likely N-dealkylation sites (tertiary alicyclic amines) is 1. The van der Waals surface area contributed by atoms with Gasteiger partial charge < -0.3 is 15.1 Å². The third-order valence-corrected chi connectivity index (χ3v) is 3.47. The van der Waals surface area contributed by atoms with E-state index in [0.29, 0.717) is 0 Å². The van der Waals surface area contributed by atoms with Crippen LogP contribution >= 0.6 is 0 Å². The lowest BCUT2D eigenvalue weighted by Crippen LogP contribution is -2.47. The Labute approximate surface area is 99.5 Å². The fourth-order valence-electron chi connectivity index (χ4n) is 2.25. The largest absolute Gasteiger partial charge is 0.393 e. The molecule has 2 N–H and O–H groups in total. The SMILES string of the molecule is CC1(O)CCCN(CCC(O)C(C)(C)C)C1. The van der Waals surface area contributed by atoms with Crippen molar-refractivity contribution in [2.24, 2.45) is 5.41 Å². The summed E-state index contributed by atoms with van der Waals surface area (Å²) in [6, 6.07) is 0. The van der Waals surface area contributed by atoms with Gasteiger partial charge in [0.05, 0.1) is 11.7 Å². The summed E-state index contributed by atoms with van der Waals surface area (Å²) in [6.45, 7) is 10.8. The molecule has 1 heterocycles. The lowest BCUT2D eigenvalue weighted by Gasteiger charge is -2.38. The van der Waals surface area contributed by atoms with Gasteiger partial charge in [0.1, 0.15) is 0 Å². The molecule has 0 aromatic rings. The van der Waals surface area contributed by atoms with Crippen LogP contribution in [0.5, 0.6) is 0 Å². The van der Waals surface area contributed by atoms with Gasteiger partial charge in [-0.15, -0.1) is 0 Å². The number of hydrogen-bond donors (Lipinski definition) is 2. The molecule has 16 heavy (non-hydrogen) atoms. The van der Waals surface area contributed by atoms with Crippen molar-refractivity contribution in [2.45, 2.75) is 58.7 Å². The van der Waals surface area contributed by atoms with Crippen molar-refractivity contribution in [1.82, 2.24) is 4.90 Å². The lowest BCUT2D eigenvalue weighted by molar-refractivity contribution is -0.0244. The van der Waals surface area contributed by atoms with E-state index in [1.165, 1.54) is 0 Å². The van der Waals surface area contributed by atoms with Crippen molar-refractivity contribution < 1.29 is 10.2 Å². The highest BCUT2D eigenvalue weighted by Gasteiger charge is 2.29. The van der Waals surface area contributed by atoms with E-state index >= 15 is 0 Å². The fourth-order valence-corrected chi connectivity index (χ4v) is 2.25. The molecule has 1 saturated heterocycles. The molecule has 1 aliphatic heterocycles. The third kappa shape index (κ3) is 4.40. The zero-order valence-corrected chi connectivity index (χ0v) is 11.2. The van der Waals surface area contributed by atoms with Gasteiger partial charge in [0.2, 0.25) is 0 Å². The minimum Gasteiger partial charge on any atom is -0.393 e. The van der Waals surface area contributed by atoms with Crippen LogP contribution in [0.3, 0.4) is 0 Å². The van der Waals surface area contributed by atoms with Crippen LogP contribution in [0.25, 0.3) is 0 Å². The zero-order chi connectivity index (χ0) is 12.4. The Balaban J connectivity index is 2.33. The van der Waals surface area contributed by atoms with Crippen LogP contribution in [0.2, 0.25) is 0 Å². The second-order valence-corrected chi connectivity index (χ2v) is 6.55. The van der Waals surface area contributed by atoms with Gasteiger partial charge in [-0.3, -0.25) is 0 Å². The Kier molecular flexibility index (Phi) is 4.38. The summed E-state index contributed by atoms with van der Waals surface area (Å²) in [4.78, 5) is 2.26. The van der Waals surface area contributed by atoms with Crippen molar-refractivity contribution in [3.63, 3.8) is 0 Å². The van der Waals surface area contributed by atoms with E-state index in [2.05, 4.69) is 25.7 Å². The van der Waals surface area contributed by atoms with Crippen molar-refractivity contribution >= 4 is 0 Å². The van der Waals surface area contributed by atoms with E-state index in [1.807, 2.05) is 6.92 Å². The summed E-state index contributed by atoms with van der Waals surface area (Å²) < 4.78 is 0. The van der Waals surface area contributed by atoms with Crippen molar-refractivity contribution in [1.29, 1.82) is 0 Å². The van der Waals surface area contributed by atoms with Gasteiger partial charge in [-0.2, -0.15) is 0 Å². The normalized spacial score (nSPS) is 30.4. The van der Waals surface area contributed by atoms with Gasteiger partial charge in [-0.25, -0.2) is 0 Å². The number of piperidine rings is 1. The van der Waals surface area contributed by atoms with E-state index in [0.717, 1.165) is 38.9 Å². The molecule has 0 spiro atoms. The molecule has 0 aromatic heterocycles. The molecule has 3 nitrogen and oxygen atoms in total. The second-order valence-electron chi connectivity index (χ2n) is 6.55. The van der Waals surface area contributed by atoms with Gasteiger partial charge in [0.15, 0.2) is 0 Å². The standard InChI is InChI=1S/C13H27NO2/c1-12(2,3)11(15)6-9-14-8-5-7-13(4,16)10-14/h11,15-16H,5-10H2,1-4H3. The molecule has 3 heteroatoms. The maximum Gasteiger partial charge on any atom is 0.0746 e. The van der Waals surface area contributed by atoms with Crippen LogP contribution in [0, 0.1) is 5.41 Å². The molecule has 2 atom stereocenters. The summed E-state index contributed by atoms with van der Waals surface area (Å²) in [6.07, 6.45) is 2.48. The van der Waals surface area contributed by atoms with Crippen LogP contribution in [0.15, 0.2) is 0 Å². The monoisotopic (exact) mass is 229 g/mol. The minimum atomic E-state index is -0.537. The van der Waals surface area contributed by atoms with E-state index in [-0.39, 0.29) is 11.5 Å². The number of β-amino-alcohol motifs (C(OH)–C–C–N with tert-alkyl or cyclic N) is 1. The van der Waals surface area contributed by atoms with Crippen LogP contribution in [0.4, 0.5) is 0 Å². The lowest BCUT2D eigenvalue weighted by atomic mass is 9.87. The highest BCUT2D eigenvalue weighted by molar-refractivity contribution is 4.83. The molecule has 1 rings (SSSR count). The first-order valence-electron chi connectivity index (χ1n) is 6.33. The summed E-state index contributed by atoms with van der Waals surface area (Å²) in [5.74, 6) is 0. The Morgan fingerprint density at radius 1 is 1.38 bits per heavy atom. The van der Waals surface area contributed by atoms with Crippen LogP contribution in [-0.2, 0) is 0 Å². The molecule has 0 aliphatic carbocycles. The summed E-state index contributed by atoms with van der Waals surface area (Å²) in [5, 5.41) is 19.9. The van der Waals surface area contributed by atoms with Gasteiger partial charge in [0, 0.05) is 13.1 Å². The molecule has 0 radical (unpaired) electrons. The second kappa shape index (κ2) is 5.03. The van der Waals surface area contributed by atoms with Gasteiger partial charge in [-0.05, 0) is 38.1 Å². The van der Waals surface area contributed by atoms with E-state index < -0.39 is 5.60 Å².